The Labute approximate surface area is 194 Å². The Morgan fingerprint density at radius 2 is 1.45 bits per heavy atom. The van der Waals surface area contributed by atoms with Gasteiger partial charge in [0.05, 0.1) is 0 Å². The van der Waals surface area contributed by atoms with Gasteiger partial charge in [0.1, 0.15) is 5.75 Å². The number of carbonyl (C=O) groups is 1. The summed E-state index contributed by atoms with van der Waals surface area (Å²) in [4.78, 5) is 13.1. The predicted molar refractivity (Wildman–Crippen MR) is 128 cm³/mol. The van der Waals surface area contributed by atoms with Gasteiger partial charge in [-0.15, -0.1) is 0 Å². The molecule has 0 aromatic heterocycles. The fourth-order valence-corrected chi connectivity index (χ4v) is 3.73. The third-order valence-corrected chi connectivity index (χ3v) is 5.80. The van der Waals surface area contributed by atoms with Crippen molar-refractivity contribution >= 4 is 29.1 Å². The molecule has 1 amide bonds. The van der Waals surface area contributed by atoms with Crippen LogP contribution >= 0.6 is 23.2 Å². The second-order valence-electron chi connectivity index (χ2n) is 8.18. The average molecular weight is 456 g/mol. The molecule has 0 saturated heterocycles. The van der Waals surface area contributed by atoms with Crippen LogP contribution in [0.4, 0.5) is 0 Å². The summed E-state index contributed by atoms with van der Waals surface area (Å²) in [5, 5.41) is 4.50. The van der Waals surface area contributed by atoms with Crippen molar-refractivity contribution in [3.63, 3.8) is 0 Å². The molecule has 0 aliphatic carbocycles. The summed E-state index contributed by atoms with van der Waals surface area (Å²) in [6.45, 7) is 5.56. The fourth-order valence-electron chi connectivity index (χ4n) is 3.48. The smallest absolute Gasteiger partial charge is 0.263 e. The van der Waals surface area contributed by atoms with Crippen LogP contribution in [0.1, 0.15) is 37.8 Å². The highest BCUT2D eigenvalue weighted by Gasteiger charge is 2.32. The van der Waals surface area contributed by atoms with Gasteiger partial charge in [0.25, 0.3) is 5.91 Å². The molecule has 3 aromatic rings. The Balaban J connectivity index is 1.75. The number of halogens is 2. The molecule has 0 radical (unpaired) electrons. The Hall–Kier alpha value is -2.49. The third kappa shape index (κ3) is 6.49. The van der Waals surface area contributed by atoms with Crippen molar-refractivity contribution in [1.82, 2.24) is 5.32 Å². The quantitative estimate of drug-likeness (QED) is 0.411. The van der Waals surface area contributed by atoms with Gasteiger partial charge in [-0.2, -0.15) is 0 Å². The predicted octanol–water partition coefficient (Wildman–Crippen LogP) is 6.68. The van der Waals surface area contributed by atoms with Gasteiger partial charge in [0, 0.05) is 22.0 Å². The van der Waals surface area contributed by atoms with Crippen LogP contribution in [0, 0.1) is 0 Å². The van der Waals surface area contributed by atoms with Gasteiger partial charge in [-0.05, 0) is 74.7 Å². The molecule has 1 N–H and O–H groups in total. The fraction of sp³-hybridized carbons (Fsp3) is 0.269. The maximum Gasteiger partial charge on any atom is 0.263 e. The average Bonchev–Trinajstić information content (AvgIpc) is 2.75. The summed E-state index contributed by atoms with van der Waals surface area (Å²) in [7, 11) is 0. The molecule has 3 rings (SSSR count). The van der Waals surface area contributed by atoms with Gasteiger partial charge in [-0.25, -0.2) is 0 Å². The molecule has 3 nitrogen and oxygen atoms in total. The second kappa shape index (κ2) is 10.2. The van der Waals surface area contributed by atoms with Gasteiger partial charge in [-0.3, -0.25) is 4.79 Å². The molecule has 0 aliphatic heterocycles. The van der Waals surface area contributed by atoms with Crippen molar-refractivity contribution in [3.8, 4) is 5.75 Å². The van der Waals surface area contributed by atoms with Crippen LogP contribution in [0.25, 0.3) is 0 Å². The molecule has 0 saturated carbocycles. The SMILES string of the molecule is C[C@@H](NC(=O)C(C)(C)Oc1ccc(Cl)cc1)[C@H](Cc1ccc(Cl)cc1)c1ccccc1. The van der Waals surface area contributed by atoms with E-state index in [1.54, 1.807) is 38.1 Å². The highest BCUT2D eigenvalue weighted by Crippen LogP contribution is 2.27. The molecule has 0 aliphatic rings. The summed E-state index contributed by atoms with van der Waals surface area (Å²) in [5.74, 6) is 0.516. The largest absolute Gasteiger partial charge is 0.478 e. The number of ether oxygens (including phenoxy) is 1. The number of hydrogen-bond donors (Lipinski definition) is 1. The van der Waals surface area contributed by atoms with E-state index in [1.807, 2.05) is 49.4 Å². The third-order valence-electron chi connectivity index (χ3n) is 5.29. The van der Waals surface area contributed by atoms with Crippen molar-refractivity contribution < 1.29 is 9.53 Å². The molecular weight excluding hydrogens is 429 g/mol. The number of nitrogens with one attached hydrogen (secondary N) is 1. The number of hydrogen-bond acceptors (Lipinski definition) is 2. The molecule has 0 heterocycles. The van der Waals surface area contributed by atoms with Crippen molar-refractivity contribution in [3.05, 3.63) is 100 Å². The zero-order chi connectivity index (χ0) is 22.4. The minimum atomic E-state index is -1.04. The normalized spacial score (nSPS) is 13.3. The van der Waals surface area contributed by atoms with Crippen molar-refractivity contribution in [2.24, 2.45) is 0 Å². The van der Waals surface area contributed by atoms with Gasteiger partial charge < -0.3 is 10.1 Å². The van der Waals surface area contributed by atoms with Crippen molar-refractivity contribution in [2.75, 3.05) is 0 Å². The summed E-state index contributed by atoms with van der Waals surface area (Å²) in [5.41, 5.74) is 1.29. The van der Waals surface area contributed by atoms with E-state index in [0.29, 0.717) is 15.8 Å². The molecule has 0 spiro atoms. The van der Waals surface area contributed by atoms with E-state index < -0.39 is 5.60 Å². The maximum atomic E-state index is 13.1. The van der Waals surface area contributed by atoms with E-state index in [0.717, 1.165) is 12.0 Å². The Morgan fingerprint density at radius 1 is 0.903 bits per heavy atom. The highest BCUT2D eigenvalue weighted by atomic mass is 35.5. The zero-order valence-electron chi connectivity index (χ0n) is 17.9. The number of rotatable bonds is 8. The number of carbonyl (C=O) groups excluding carboxylic acids is 1. The molecule has 31 heavy (non-hydrogen) atoms. The lowest BCUT2D eigenvalue weighted by Crippen LogP contribution is -2.51. The first-order valence-corrected chi connectivity index (χ1v) is 11.0. The van der Waals surface area contributed by atoms with Crippen molar-refractivity contribution in [2.45, 2.75) is 44.8 Å². The van der Waals surface area contributed by atoms with E-state index in [1.165, 1.54) is 5.56 Å². The summed E-state index contributed by atoms with van der Waals surface area (Å²) in [6.07, 6.45) is 0.779. The monoisotopic (exact) mass is 455 g/mol. The maximum absolute atomic E-state index is 13.1. The molecule has 0 bridgehead atoms. The Kier molecular flexibility index (Phi) is 7.64. The van der Waals surface area contributed by atoms with Crippen LogP contribution in [-0.4, -0.2) is 17.6 Å². The van der Waals surface area contributed by atoms with Crippen LogP contribution in [0.2, 0.25) is 10.0 Å². The van der Waals surface area contributed by atoms with E-state index in [-0.39, 0.29) is 17.9 Å². The Bertz CT molecular complexity index is 986. The van der Waals surface area contributed by atoms with Gasteiger partial charge >= 0.3 is 0 Å². The van der Waals surface area contributed by atoms with Gasteiger partial charge in [0.2, 0.25) is 0 Å². The zero-order valence-corrected chi connectivity index (χ0v) is 19.5. The number of amides is 1. The van der Waals surface area contributed by atoms with E-state index in [2.05, 4.69) is 17.4 Å². The molecule has 5 heteroatoms. The lowest BCUT2D eigenvalue weighted by molar-refractivity contribution is -0.135. The van der Waals surface area contributed by atoms with Gasteiger partial charge in [-0.1, -0.05) is 65.7 Å². The first-order valence-electron chi connectivity index (χ1n) is 10.3. The summed E-state index contributed by atoms with van der Waals surface area (Å²) in [6, 6.07) is 25.0. The van der Waals surface area contributed by atoms with Crippen LogP contribution in [0.5, 0.6) is 5.75 Å². The Morgan fingerprint density at radius 3 is 2.03 bits per heavy atom. The van der Waals surface area contributed by atoms with Crippen LogP contribution in [-0.2, 0) is 11.2 Å². The lowest BCUT2D eigenvalue weighted by atomic mass is 9.86. The molecular formula is C26H27Cl2NO2. The minimum absolute atomic E-state index is 0.0951. The van der Waals surface area contributed by atoms with Crippen LogP contribution in [0.15, 0.2) is 78.9 Å². The van der Waals surface area contributed by atoms with Crippen molar-refractivity contribution in [1.29, 1.82) is 0 Å². The van der Waals surface area contributed by atoms with E-state index in [4.69, 9.17) is 27.9 Å². The lowest BCUT2D eigenvalue weighted by Gasteiger charge is -2.31. The minimum Gasteiger partial charge on any atom is -0.478 e. The molecule has 0 fully saturated rings. The number of benzene rings is 3. The topological polar surface area (TPSA) is 38.3 Å². The van der Waals surface area contributed by atoms with Crippen LogP contribution in [0.3, 0.4) is 0 Å². The highest BCUT2D eigenvalue weighted by molar-refractivity contribution is 6.30. The molecule has 162 valence electrons. The second-order valence-corrected chi connectivity index (χ2v) is 9.05. The standard InChI is InChI=1S/C26H27Cl2NO2/c1-18(29-25(30)26(2,3)31-23-15-13-22(28)14-16-23)24(20-7-5-4-6-8-20)17-19-9-11-21(27)12-10-19/h4-16,18,24H,17H2,1-3H3,(H,29,30)/t18-,24+/m1/s1. The van der Waals surface area contributed by atoms with Gasteiger partial charge in [0.15, 0.2) is 5.60 Å². The first kappa shape index (κ1) is 23.2. The molecule has 2 atom stereocenters. The van der Waals surface area contributed by atoms with Crippen LogP contribution < -0.4 is 10.1 Å². The van der Waals surface area contributed by atoms with E-state index in [9.17, 15) is 4.79 Å². The summed E-state index contributed by atoms with van der Waals surface area (Å²) < 4.78 is 5.95. The molecule has 0 unspecified atom stereocenters. The first-order chi connectivity index (χ1) is 14.7. The summed E-state index contributed by atoms with van der Waals surface area (Å²) >= 11 is 12.0. The molecule has 3 aromatic carbocycles. The van der Waals surface area contributed by atoms with E-state index >= 15 is 0 Å².